The first-order valence-electron chi connectivity index (χ1n) is 10.1. The fourth-order valence-electron chi connectivity index (χ4n) is 3.74. The number of nitrogen functional groups attached to an aromatic ring is 1. The first-order valence-corrected chi connectivity index (χ1v) is 14.4. The predicted octanol–water partition coefficient (Wildman–Crippen LogP) is 4.12. The Morgan fingerprint density at radius 3 is 2.45 bits per heavy atom. The van der Waals surface area contributed by atoms with Crippen molar-refractivity contribution in [2.45, 2.75) is 82.0 Å². The van der Waals surface area contributed by atoms with Crippen LogP contribution in [0.5, 0.6) is 0 Å². The molecule has 1 aliphatic rings. The van der Waals surface area contributed by atoms with Crippen molar-refractivity contribution in [3.8, 4) is 0 Å². The molecule has 0 aromatic carbocycles. The molecule has 4 atom stereocenters. The highest BCUT2D eigenvalue weighted by Gasteiger charge is 2.53. The summed E-state index contributed by atoms with van der Waals surface area (Å²) in [4.78, 5) is 14.7. The van der Waals surface area contributed by atoms with E-state index in [1.165, 1.54) is 12.4 Å². The van der Waals surface area contributed by atoms with Gasteiger partial charge in [-0.25, -0.2) is 0 Å². The lowest BCUT2D eigenvalue weighted by molar-refractivity contribution is -0.146. The van der Waals surface area contributed by atoms with Gasteiger partial charge in [0.25, 0.3) is 0 Å². The number of hydrogen-bond donors (Lipinski definition) is 2. The van der Waals surface area contributed by atoms with Crippen molar-refractivity contribution >= 4 is 24.1 Å². The quantitative estimate of drug-likeness (QED) is 0.340. The molecule has 1 aromatic rings. The Morgan fingerprint density at radius 2 is 1.97 bits per heavy atom. The van der Waals surface area contributed by atoms with Crippen LogP contribution in [0.25, 0.3) is 0 Å². The van der Waals surface area contributed by atoms with Gasteiger partial charge in [-0.2, -0.15) is 21.6 Å². The van der Waals surface area contributed by atoms with E-state index < -0.39 is 53.2 Å². The van der Waals surface area contributed by atoms with Crippen molar-refractivity contribution in [1.82, 2.24) is 4.98 Å². The van der Waals surface area contributed by atoms with Crippen LogP contribution < -0.4 is 5.73 Å². The summed E-state index contributed by atoms with van der Waals surface area (Å²) >= 11 is 0. The van der Waals surface area contributed by atoms with E-state index in [1.807, 2.05) is 13.8 Å². The molecule has 1 saturated heterocycles. The van der Waals surface area contributed by atoms with Crippen LogP contribution in [0.4, 0.5) is 18.9 Å². The molecule has 0 unspecified atom stereocenters. The fraction of sp³-hybridized carbons (Fsp3) is 0.737. The number of ether oxygens (including phenoxy) is 1. The molecule has 0 radical (unpaired) electrons. The lowest BCUT2D eigenvalue weighted by Gasteiger charge is -2.46. The van der Waals surface area contributed by atoms with E-state index in [1.54, 1.807) is 26.1 Å². The van der Waals surface area contributed by atoms with Gasteiger partial charge in [-0.15, -0.1) is 0 Å². The molecule has 3 N–H and O–H groups in total. The van der Waals surface area contributed by atoms with Crippen molar-refractivity contribution in [3.63, 3.8) is 0 Å². The molecule has 178 valence electrons. The van der Waals surface area contributed by atoms with Gasteiger partial charge >= 0.3 is 15.6 Å². The van der Waals surface area contributed by atoms with Crippen LogP contribution in [0.3, 0.4) is 0 Å². The number of rotatable bonds is 7. The molecule has 0 aliphatic carbocycles. The van der Waals surface area contributed by atoms with Crippen molar-refractivity contribution in [2.75, 3.05) is 5.73 Å². The normalized spacial score (nSPS) is 26.1. The van der Waals surface area contributed by atoms with Crippen molar-refractivity contribution < 1.29 is 35.3 Å². The highest BCUT2D eigenvalue weighted by atomic mass is 32.2. The molecular formula is C19H31F3N2O5SSi. The number of anilines is 1. The summed E-state index contributed by atoms with van der Waals surface area (Å²) in [6.45, 7) is 8.84. The van der Waals surface area contributed by atoms with Gasteiger partial charge in [0.05, 0.1) is 24.1 Å². The van der Waals surface area contributed by atoms with Crippen LogP contribution in [0, 0.1) is 5.92 Å². The highest BCUT2D eigenvalue weighted by molar-refractivity contribution is 7.87. The average Bonchev–Trinajstić information content (AvgIpc) is 2.61. The summed E-state index contributed by atoms with van der Waals surface area (Å²) in [7, 11) is -8.56. The molecule has 0 spiro atoms. The lowest BCUT2D eigenvalue weighted by atomic mass is 9.80. The van der Waals surface area contributed by atoms with Gasteiger partial charge in [0, 0.05) is 11.8 Å². The topological polar surface area (TPSA) is 112 Å². The van der Waals surface area contributed by atoms with Crippen molar-refractivity contribution in [2.24, 2.45) is 5.92 Å². The first kappa shape index (κ1) is 26.0. The van der Waals surface area contributed by atoms with Gasteiger partial charge in [0.1, 0.15) is 6.10 Å². The largest absolute Gasteiger partial charge is 0.523 e. The van der Waals surface area contributed by atoms with E-state index in [0.29, 0.717) is 11.3 Å². The molecule has 7 nitrogen and oxygen atoms in total. The van der Waals surface area contributed by atoms with Crippen LogP contribution >= 0.6 is 0 Å². The molecular weight excluding hydrogens is 453 g/mol. The maximum absolute atomic E-state index is 13.1. The zero-order valence-electron chi connectivity index (χ0n) is 18.3. The van der Waals surface area contributed by atoms with E-state index in [0.717, 1.165) is 0 Å². The highest BCUT2D eigenvalue weighted by Crippen LogP contribution is 2.49. The van der Waals surface area contributed by atoms with E-state index in [-0.39, 0.29) is 19.3 Å². The molecule has 1 fully saturated rings. The number of pyridine rings is 1. The maximum atomic E-state index is 13.1. The molecule has 2 rings (SSSR count). The third-order valence-corrected chi connectivity index (χ3v) is 10.8. The van der Waals surface area contributed by atoms with Gasteiger partial charge in [0.15, 0.2) is 8.32 Å². The Morgan fingerprint density at radius 1 is 1.35 bits per heavy atom. The monoisotopic (exact) mass is 484 g/mol. The second kappa shape index (κ2) is 8.97. The standard InChI is InChI=1S/C19H31F3N2O5SSi/c1-6-15-17(29-30(25,26)19(20,21)22)12(10-18(2,3)31(4,5)27)9-16(28-15)13-7-8-24-11-14(13)23/h7-8,11-12,15-17,27H,6,9-10,23H2,1-5H3/t12-,15+,16+,17-/m0/s1. The van der Waals surface area contributed by atoms with Gasteiger partial charge in [0.2, 0.25) is 0 Å². The average molecular weight is 485 g/mol. The van der Waals surface area contributed by atoms with Gasteiger partial charge < -0.3 is 15.3 Å². The first-order chi connectivity index (χ1) is 14.0. The van der Waals surface area contributed by atoms with Gasteiger partial charge in [-0.3, -0.25) is 9.17 Å². The van der Waals surface area contributed by atoms with Crippen molar-refractivity contribution in [1.29, 1.82) is 0 Å². The van der Waals surface area contributed by atoms with Crippen LogP contribution in [0.1, 0.15) is 51.7 Å². The zero-order valence-corrected chi connectivity index (χ0v) is 20.1. The lowest BCUT2D eigenvalue weighted by Crippen LogP contribution is -2.49. The van der Waals surface area contributed by atoms with Crippen LogP contribution in [-0.2, 0) is 19.0 Å². The van der Waals surface area contributed by atoms with E-state index >= 15 is 0 Å². The summed E-state index contributed by atoms with van der Waals surface area (Å²) in [6, 6.07) is 1.67. The summed E-state index contributed by atoms with van der Waals surface area (Å²) in [6.07, 6.45) is 0.869. The minimum Gasteiger partial charge on any atom is -0.432 e. The van der Waals surface area contributed by atoms with E-state index in [2.05, 4.69) is 4.98 Å². The number of hydrogen-bond acceptors (Lipinski definition) is 7. The van der Waals surface area contributed by atoms with Gasteiger partial charge in [-0.05, 0) is 49.4 Å². The van der Waals surface area contributed by atoms with Crippen LogP contribution in [0.15, 0.2) is 18.5 Å². The number of nitrogens with two attached hydrogens (primary N) is 1. The Labute approximate surface area is 182 Å². The van der Waals surface area contributed by atoms with E-state index in [4.69, 9.17) is 14.7 Å². The minimum atomic E-state index is -5.82. The second-order valence-electron chi connectivity index (χ2n) is 9.18. The smallest absolute Gasteiger partial charge is 0.432 e. The minimum absolute atomic E-state index is 0.191. The Kier molecular flexibility index (Phi) is 7.53. The fourth-order valence-corrected chi connectivity index (χ4v) is 5.19. The number of aromatic nitrogens is 1. The van der Waals surface area contributed by atoms with Crippen LogP contribution in [-0.4, -0.2) is 44.2 Å². The second-order valence-corrected chi connectivity index (χ2v) is 15.2. The Balaban J connectivity index is 2.47. The number of nitrogens with zero attached hydrogens (tertiary/aromatic N) is 1. The predicted molar refractivity (Wildman–Crippen MR) is 113 cm³/mol. The molecule has 0 saturated carbocycles. The molecule has 12 heteroatoms. The van der Waals surface area contributed by atoms with E-state index in [9.17, 15) is 26.4 Å². The summed E-state index contributed by atoms with van der Waals surface area (Å²) < 4.78 is 73.6. The van der Waals surface area contributed by atoms with Crippen LogP contribution in [0.2, 0.25) is 18.1 Å². The molecule has 2 heterocycles. The zero-order chi connectivity index (χ0) is 23.8. The summed E-state index contributed by atoms with van der Waals surface area (Å²) in [5.41, 5.74) is 1.49. The molecule has 1 aromatic heterocycles. The molecule has 1 aliphatic heterocycles. The number of alkyl halides is 3. The summed E-state index contributed by atoms with van der Waals surface area (Å²) in [5.74, 6) is -0.623. The SMILES string of the molecule is CC[C@H]1O[C@@H](c2ccncc2N)C[C@@H](CC(C)(C)[Si](C)(C)O)[C@@H]1OS(=O)(=O)C(F)(F)F. The maximum Gasteiger partial charge on any atom is 0.523 e. The molecule has 31 heavy (non-hydrogen) atoms. The Hall–Kier alpha value is -1.21. The number of halogens is 3. The molecule has 0 bridgehead atoms. The van der Waals surface area contributed by atoms with Gasteiger partial charge in [-0.1, -0.05) is 20.8 Å². The third kappa shape index (κ3) is 5.78. The molecule has 0 amide bonds. The summed E-state index contributed by atoms with van der Waals surface area (Å²) in [5, 5.41) is -0.620. The van der Waals surface area contributed by atoms with Crippen molar-refractivity contribution in [3.05, 3.63) is 24.0 Å². The Bertz CT molecular complexity index is 874. The third-order valence-electron chi connectivity index (χ3n) is 6.27.